The van der Waals surface area contributed by atoms with Gasteiger partial charge >= 0.3 is 0 Å². The zero-order valence-corrected chi connectivity index (χ0v) is 10.8. The van der Waals surface area contributed by atoms with Crippen LogP contribution in [0.5, 0.6) is 11.5 Å². The Balaban J connectivity index is 1.67. The van der Waals surface area contributed by atoms with Crippen LogP contribution in [-0.4, -0.2) is 16.6 Å². The SMILES string of the molecule is O=c1cc(C2CC2)nc(C2COc3ccccc3O2)[nH]1. The molecule has 0 saturated heterocycles. The number of benzene rings is 1. The Kier molecular flexibility index (Phi) is 2.52. The molecule has 1 saturated carbocycles. The molecule has 0 radical (unpaired) electrons. The first-order valence-corrected chi connectivity index (χ1v) is 6.79. The largest absolute Gasteiger partial charge is 0.485 e. The van der Waals surface area contributed by atoms with Crippen molar-refractivity contribution in [1.29, 1.82) is 0 Å². The highest BCUT2D eigenvalue weighted by molar-refractivity contribution is 5.41. The molecule has 1 aliphatic carbocycles. The highest BCUT2D eigenvalue weighted by Gasteiger charge is 2.29. The van der Waals surface area contributed by atoms with Crippen LogP contribution in [0.2, 0.25) is 0 Å². The molecular weight excluding hydrogens is 256 g/mol. The van der Waals surface area contributed by atoms with Gasteiger partial charge in [-0.15, -0.1) is 0 Å². The summed E-state index contributed by atoms with van der Waals surface area (Å²) in [4.78, 5) is 19.0. The molecule has 1 fully saturated rings. The number of H-pyrrole nitrogens is 1. The third kappa shape index (κ3) is 2.05. The molecular formula is C15H14N2O3. The Morgan fingerprint density at radius 3 is 2.80 bits per heavy atom. The predicted molar refractivity (Wildman–Crippen MR) is 72.1 cm³/mol. The van der Waals surface area contributed by atoms with Gasteiger partial charge in [-0.25, -0.2) is 4.98 Å². The van der Waals surface area contributed by atoms with E-state index in [2.05, 4.69) is 9.97 Å². The predicted octanol–water partition coefficient (Wildman–Crippen LogP) is 2.16. The number of hydrogen-bond donors (Lipinski definition) is 1. The van der Waals surface area contributed by atoms with E-state index in [1.54, 1.807) is 6.07 Å². The van der Waals surface area contributed by atoms with Crippen molar-refractivity contribution in [3.63, 3.8) is 0 Å². The van der Waals surface area contributed by atoms with Gasteiger partial charge in [-0.3, -0.25) is 4.79 Å². The van der Waals surface area contributed by atoms with Gasteiger partial charge in [-0.2, -0.15) is 0 Å². The minimum Gasteiger partial charge on any atom is -0.485 e. The van der Waals surface area contributed by atoms with Crippen molar-refractivity contribution in [2.75, 3.05) is 6.61 Å². The number of ether oxygens (including phenoxy) is 2. The van der Waals surface area contributed by atoms with Gasteiger partial charge in [0, 0.05) is 12.0 Å². The lowest BCUT2D eigenvalue weighted by atomic mass is 10.2. The highest BCUT2D eigenvalue weighted by Crippen LogP contribution is 2.39. The minimum absolute atomic E-state index is 0.126. The summed E-state index contributed by atoms with van der Waals surface area (Å²) in [6, 6.07) is 9.09. The van der Waals surface area contributed by atoms with Crippen LogP contribution in [0, 0.1) is 0 Å². The quantitative estimate of drug-likeness (QED) is 0.908. The van der Waals surface area contributed by atoms with Gasteiger partial charge in [0.2, 0.25) is 0 Å². The lowest BCUT2D eigenvalue weighted by molar-refractivity contribution is 0.0847. The Labute approximate surface area is 115 Å². The average Bonchev–Trinajstić information content (AvgIpc) is 3.31. The summed E-state index contributed by atoms with van der Waals surface area (Å²) in [5.41, 5.74) is 0.741. The Bertz CT molecular complexity index is 706. The molecule has 1 aromatic heterocycles. The first kappa shape index (κ1) is 11.5. The zero-order chi connectivity index (χ0) is 13.5. The molecule has 2 aromatic rings. The van der Waals surface area contributed by atoms with E-state index in [1.807, 2.05) is 24.3 Å². The maximum absolute atomic E-state index is 11.7. The number of nitrogens with one attached hydrogen (secondary N) is 1. The van der Waals surface area contributed by atoms with E-state index in [4.69, 9.17) is 9.47 Å². The van der Waals surface area contributed by atoms with Gasteiger partial charge in [0.1, 0.15) is 6.61 Å². The van der Waals surface area contributed by atoms with Gasteiger partial charge < -0.3 is 14.5 Å². The fourth-order valence-electron chi connectivity index (χ4n) is 2.39. The summed E-state index contributed by atoms with van der Waals surface area (Å²) < 4.78 is 11.5. The standard InChI is InChI=1S/C15H14N2O3/c18-14-7-10(9-5-6-9)16-15(17-14)13-8-19-11-3-1-2-4-12(11)20-13/h1-4,7,9,13H,5-6,8H2,(H,16,17,18). The molecule has 1 aromatic carbocycles. The molecule has 2 heterocycles. The van der Waals surface area contributed by atoms with Crippen molar-refractivity contribution in [2.24, 2.45) is 0 Å². The van der Waals surface area contributed by atoms with Crippen LogP contribution in [0.1, 0.15) is 36.4 Å². The van der Waals surface area contributed by atoms with Gasteiger partial charge in [-0.05, 0) is 25.0 Å². The summed E-state index contributed by atoms with van der Waals surface area (Å²) in [7, 11) is 0. The second-order valence-corrected chi connectivity index (χ2v) is 5.19. The summed E-state index contributed by atoms with van der Waals surface area (Å²) in [5, 5.41) is 0. The van der Waals surface area contributed by atoms with Crippen molar-refractivity contribution in [1.82, 2.24) is 9.97 Å². The smallest absolute Gasteiger partial charge is 0.251 e. The summed E-state index contributed by atoms with van der Waals surface area (Å²) >= 11 is 0. The number of fused-ring (bicyclic) bond motifs is 1. The molecule has 0 amide bonds. The second kappa shape index (κ2) is 4.37. The number of para-hydroxylation sites is 2. The van der Waals surface area contributed by atoms with Gasteiger partial charge in [0.25, 0.3) is 5.56 Å². The van der Waals surface area contributed by atoms with Crippen LogP contribution in [0.3, 0.4) is 0 Å². The summed E-state index contributed by atoms with van der Waals surface area (Å²) in [6.07, 6.45) is 1.86. The molecule has 1 aliphatic heterocycles. The van der Waals surface area contributed by atoms with Crippen molar-refractivity contribution in [2.45, 2.75) is 24.9 Å². The number of nitrogens with zero attached hydrogens (tertiary/aromatic N) is 1. The first-order chi connectivity index (χ1) is 9.79. The minimum atomic E-state index is -0.365. The maximum Gasteiger partial charge on any atom is 0.251 e. The van der Waals surface area contributed by atoms with Crippen LogP contribution in [0.15, 0.2) is 35.1 Å². The Morgan fingerprint density at radius 2 is 2.00 bits per heavy atom. The molecule has 2 aliphatic rings. The molecule has 102 valence electrons. The number of aromatic amines is 1. The zero-order valence-electron chi connectivity index (χ0n) is 10.8. The van der Waals surface area contributed by atoms with Crippen molar-refractivity contribution in [3.8, 4) is 11.5 Å². The van der Waals surface area contributed by atoms with E-state index >= 15 is 0 Å². The van der Waals surface area contributed by atoms with E-state index in [-0.39, 0.29) is 11.7 Å². The summed E-state index contributed by atoms with van der Waals surface area (Å²) in [5.74, 6) is 2.40. The van der Waals surface area contributed by atoms with Crippen LogP contribution in [0.4, 0.5) is 0 Å². The van der Waals surface area contributed by atoms with Crippen LogP contribution in [-0.2, 0) is 0 Å². The molecule has 0 bridgehead atoms. The fraction of sp³-hybridized carbons (Fsp3) is 0.333. The normalized spacial score (nSPS) is 20.7. The Hall–Kier alpha value is -2.30. The highest BCUT2D eigenvalue weighted by atomic mass is 16.6. The maximum atomic E-state index is 11.7. The van der Waals surface area contributed by atoms with E-state index in [1.165, 1.54) is 0 Å². The molecule has 20 heavy (non-hydrogen) atoms. The molecule has 1 N–H and O–H groups in total. The first-order valence-electron chi connectivity index (χ1n) is 6.79. The lowest BCUT2D eigenvalue weighted by Crippen LogP contribution is -2.26. The van der Waals surface area contributed by atoms with Crippen molar-refractivity contribution >= 4 is 0 Å². The Morgan fingerprint density at radius 1 is 1.20 bits per heavy atom. The van der Waals surface area contributed by atoms with Crippen molar-refractivity contribution in [3.05, 3.63) is 52.2 Å². The number of hydrogen-bond acceptors (Lipinski definition) is 4. The fourth-order valence-corrected chi connectivity index (χ4v) is 2.39. The summed E-state index contributed by atoms with van der Waals surface area (Å²) in [6.45, 7) is 0.355. The van der Waals surface area contributed by atoms with Gasteiger partial charge in [-0.1, -0.05) is 12.1 Å². The van der Waals surface area contributed by atoms with E-state index in [0.717, 1.165) is 24.3 Å². The molecule has 5 nitrogen and oxygen atoms in total. The average molecular weight is 270 g/mol. The number of rotatable bonds is 2. The van der Waals surface area contributed by atoms with Crippen LogP contribution < -0.4 is 15.0 Å². The van der Waals surface area contributed by atoms with E-state index in [0.29, 0.717) is 24.1 Å². The monoisotopic (exact) mass is 270 g/mol. The van der Waals surface area contributed by atoms with Crippen molar-refractivity contribution < 1.29 is 9.47 Å². The van der Waals surface area contributed by atoms with E-state index < -0.39 is 0 Å². The van der Waals surface area contributed by atoms with E-state index in [9.17, 15) is 4.79 Å². The second-order valence-electron chi connectivity index (χ2n) is 5.19. The molecule has 1 atom stereocenters. The third-order valence-corrected chi connectivity index (χ3v) is 3.59. The topological polar surface area (TPSA) is 64.2 Å². The molecule has 1 unspecified atom stereocenters. The van der Waals surface area contributed by atoms with Gasteiger partial charge in [0.15, 0.2) is 23.4 Å². The molecule has 4 rings (SSSR count). The third-order valence-electron chi connectivity index (χ3n) is 3.59. The number of aromatic nitrogens is 2. The van der Waals surface area contributed by atoms with Crippen LogP contribution in [0.25, 0.3) is 0 Å². The molecule has 5 heteroatoms. The molecule has 0 spiro atoms. The van der Waals surface area contributed by atoms with Gasteiger partial charge in [0.05, 0.1) is 5.69 Å². The lowest BCUT2D eigenvalue weighted by Gasteiger charge is -2.25. The van der Waals surface area contributed by atoms with Crippen LogP contribution >= 0.6 is 0 Å².